The maximum absolute atomic E-state index is 4.72. The average Bonchev–Trinajstić information content (AvgIpc) is 2.87. The van der Waals surface area contributed by atoms with Crippen LogP contribution in [0.5, 0.6) is 0 Å². The molecule has 1 fully saturated rings. The first-order chi connectivity index (χ1) is 13.2. The highest BCUT2D eigenvalue weighted by Crippen LogP contribution is 2.09. The van der Waals surface area contributed by atoms with Gasteiger partial charge in [-0.15, -0.1) is 10.2 Å². The van der Waals surface area contributed by atoms with Gasteiger partial charge in [0.05, 0.1) is 0 Å². The Morgan fingerprint density at radius 1 is 1.07 bits per heavy atom. The van der Waals surface area contributed by atoms with Gasteiger partial charge in [-0.1, -0.05) is 12.8 Å². The predicted molar refractivity (Wildman–Crippen MR) is 115 cm³/mol. The number of thioether (sulfide) groups is 1. The van der Waals surface area contributed by atoms with Crippen LogP contribution >= 0.6 is 11.8 Å². The topological polar surface area (TPSA) is 70.4 Å². The van der Waals surface area contributed by atoms with Crippen molar-refractivity contribution in [3.8, 4) is 0 Å². The lowest BCUT2D eigenvalue weighted by Gasteiger charge is -2.20. The van der Waals surface area contributed by atoms with Crippen molar-refractivity contribution in [2.45, 2.75) is 52.0 Å². The molecule has 0 bridgehead atoms. The maximum Gasteiger partial charge on any atom is 0.191 e. The van der Waals surface area contributed by atoms with E-state index in [0.717, 1.165) is 49.3 Å². The molecule has 0 unspecified atom stereocenters. The number of likely N-dealkylation sites (tertiary alicyclic amines) is 1. The highest BCUT2D eigenvalue weighted by Gasteiger charge is 2.09. The van der Waals surface area contributed by atoms with Crippen molar-refractivity contribution in [2.24, 2.45) is 12.0 Å². The van der Waals surface area contributed by atoms with E-state index in [0.29, 0.717) is 6.54 Å². The summed E-state index contributed by atoms with van der Waals surface area (Å²) in [6.45, 7) is 8.09. The third-order valence-corrected chi connectivity index (χ3v) is 5.72. The molecule has 1 aromatic rings. The molecular formula is C19H37N7S. The third kappa shape index (κ3) is 8.51. The maximum atomic E-state index is 4.72. The molecule has 1 aliphatic rings. The van der Waals surface area contributed by atoms with Crippen LogP contribution in [-0.2, 0) is 13.6 Å². The Morgan fingerprint density at radius 3 is 2.41 bits per heavy atom. The first-order valence-electron chi connectivity index (χ1n) is 10.3. The molecule has 7 nitrogen and oxygen atoms in total. The molecule has 0 saturated carbocycles. The summed E-state index contributed by atoms with van der Waals surface area (Å²) in [5, 5.41) is 15.3. The molecule has 2 rings (SSSR count). The first-order valence-corrected chi connectivity index (χ1v) is 11.7. The van der Waals surface area contributed by atoms with Gasteiger partial charge in [0.2, 0.25) is 0 Å². The number of aryl methyl sites for hydroxylation is 1. The molecular weight excluding hydrogens is 358 g/mol. The third-order valence-electron chi connectivity index (χ3n) is 5.02. The first kappa shape index (κ1) is 22.0. The molecule has 8 heteroatoms. The van der Waals surface area contributed by atoms with Crippen LogP contribution in [0.3, 0.4) is 0 Å². The highest BCUT2D eigenvalue weighted by molar-refractivity contribution is 7.98. The molecule has 154 valence electrons. The Hall–Kier alpha value is -1.28. The molecule has 1 aromatic heterocycles. The van der Waals surface area contributed by atoms with Gasteiger partial charge in [0.1, 0.15) is 12.4 Å². The van der Waals surface area contributed by atoms with Gasteiger partial charge < -0.3 is 20.1 Å². The molecule has 27 heavy (non-hydrogen) atoms. The van der Waals surface area contributed by atoms with Gasteiger partial charge in [-0.25, -0.2) is 4.99 Å². The van der Waals surface area contributed by atoms with Crippen molar-refractivity contribution in [3.63, 3.8) is 0 Å². The summed E-state index contributed by atoms with van der Waals surface area (Å²) in [4.78, 5) is 7.33. The Labute approximate surface area is 168 Å². The van der Waals surface area contributed by atoms with E-state index in [1.807, 2.05) is 30.3 Å². The number of nitrogens with one attached hydrogen (secondary N) is 2. The van der Waals surface area contributed by atoms with Crippen LogP contribution < -0.4 is 10.6 Å². The van der Waals surface area contributed by atoms with Crippen LogP contribution in [0.25, 0.3) is 0 Å². The van der Waals surface area contributed by atoms with Gasteiger partial charge in [0.15, 0.2) is 11.8 Å². The molecule has 0 radical (unpaired) electrons. The van der Waals surface area contributed by atoms with E-state index in [1.165, 1.54) is 45.3 Å². The second-order valence-corrected chi connectivity index (χ2v) is 8.18. The van der Waals surface area contributed by atoms with Crippen LogP contribution in [0.4, 0.5) is 0 Å². The van der Waals surface area contributed by atoms with Crippen LogP contribution in [-0.4, -0.2) is 70.4 Å². The SMILES string of the molecule is CSCCCNC(=NCc1nnc(C)n1C)NCCCN1CCCCCC1. The number of hydrogen-bond acceptors (Lipinski definition) is 5. The summed E-state index contributed by atoms with van der Waals surface area (Å²) < 4.78 is 1.99. The summed E-state index contributed by atoms with van der Waals surface area (Å²) in [7, 11) is 1.99. The Balaban J connectivity index is 1.77. The average molecular weight is 396 g/mol. The van der Waals surface area contributed by atoms with Gasteiger partial charge in [-0.05, 0) is 64.2 Å². The van der Waals surface area contributed by atoms with Crippen molar-refractivity contribution in [3.05, 3.63) is 11.6 Å². The number of hydrogen-bond donors (Lipinski definition) is 2. The lowest BCUT2D eigenvalue weighted by molar-refractivity contribution is 0.282. The van der Waals surface area contributed by atoms with Gasteiger partial charge >= 0.3 is 0 Å². The van der Waals surface area contributed by atoms with Crippen LogP contribution in [0, 0.1) is 6.92 Å². The minimum absolute atomic E-state index is 0.543. The van der Waals surface area contributed by atoms with Crippen molar-refractivity contribution in [1.29, 1.82) is 0 Å². The Bertz CT molecular complexity index is 550. The molecule has 1 aliphatic heterocycles. The van der Waals surface area contributed by atoms with Crippen molar-refractivity contribution < 1.29 is 0 Å². The van der Waals surface area contributed by atoms with Gasteiger partial charge in [0.25, 0.3) is 0 Å². The van der Waals surface area contributed by atoms with Crippen molar-refractivity contribution in [1.82, 2.24) is 30.3 Å². The number of aromatic nitrogens is 3. The minimum atomic E-state index is 0.543. The largest absolute Gasteiger partial charge is 0.356 e. The zero-order chi connectivity index (χ0) is 19.3. The molecule has 2 heterocycles. The number of aliphatic imine (C=N–C) groups is 1. The van der Waals surface area contributed by atoms with E-state index < -0.39 is 0 Å². The zero-order valence-electron chi connectivity index (χ0n) is 17.3. The van der Waals surface area contributed by atoms with E-state index >= 15 is 0 Å². The van der Waals surface area contributed by atoms with E-state index in [4.69, 9.17) is 4.99 Å². The molecule has 0 amide bonds. The molecule has 0 spiro atoms. The lowest BCUT2D eigenvalue weighted by Crippen LogP contribution is -2.39. The van der Waals surface area contributed by atoms with E-state index in [1.54, 1.807) is 0 Å². The fourth-order valence-electron chi connectivity index (χ4n) is 3.21. The van der Waals surface area contributed by atoms with E-state index in [9.17, 15) is 0 Å². The smallest absolute Gasteiger partial charge is 0.191 e. The molecule has 2 N–H and O–H groups in total. The van der Waals surface area contributed by atoms with Crippen LogP contribution in [0.2, 0.25) is 0 Å². The standard InChI is InChI=1S/C19H37N7S/c1-17-23-24-18(25(17)2)16-22-19(21-11-9-15-27-3)20-10-8-14-26-12-6-4-5-7-13-26/h4-16H2,1-3H3,(H2,20,21,22). The second kappa shape index (κ2) is 13.0. The Kier molecular flexibility index (Phi) is 10.6. The molecule has 0 aromatic carbocycles. The lowest BCUT2D eigenvalue weighted by atomic mass is 10.2. The summed E-state index contributed by atoms with van der Waals surface area (Å²) in [6, 6.07) is 0. The fraction of sp³-hybridized carbons (Fsp3) is 0.842. The predicted octanol–water partition coefficient (Wildman–Crippen LogP) is 2.18. The fourth-order valence-corrected chi connectivity index (χ4v) is 3.64. The quantitative estimate of drug-likeness (QED) is 0.359. The van der Waals surface area contributed by atoms with Crippen molar-refractivity contribution in [2.75, 3.05) is 44.7 Å². The summed E-state index contributed by atoms with van der Waals surface area (Å²) >= 11 is 1.88. The zero-order valence-corrected chi connectivity index (χ0v) is 18.2. The van der Waals surface area contributed by atoms with Gasteiger partial charge in [0, 0.05) is 20.1 Å². The number of nitrogens with zero attached hydrogens (tertiary/aromatic N) is 5. The van der Waals surface area contributed by atoms with E-state index in [-0.39, 0.29) is 0 Å². The minimum Gasteiger partial charge on any atom is -0.356 e. The molecule has 0 atom stereocenters. The van der Waals surface area contributed by atoms with Crippen molar-refractivity contribution >= 4 is 17.7 Å². The normalized spacial score (nSPS) is 16.3. The highest BCUT2D eigenvalue weighted by atomic mass is 32.2. The van der Waals surface area contributed by atoms with E-state index in [2.05, 4.69) is 32.0 Å². The number of guanidine groups is 1. The molecule has 0 aliphatic carbocycles. The Morgan fingerprint density at radius 2 is 1.78 bits per heavy atom. The number of rotatable bonds is 10. The summed E-state index contributed by atoms with van der Waals surface area (Å²) in [5.41, 5.74) is 0. The molecule has 1 saturated heterocycles. The van der Waals surface area contributed by atoms with Gasteiger partial charge in [-0.3, -0.25) is 0 Å². The van der Waals surface area contributed by atoms with Crippen LogP contribution in [0.1, 0.15) is 50.2 Å². The summed E-state index contributed by atoms with van der Waals surface area (Å²) in [6.07, 6.45) is 9.93. The van der Waals surface area contributed by atoms with Gasteiger partial charge in [-0.2, -0.15) is 11.8 Å². The van der Waals surface area contributed by atoms with Crippen LogP contribution in [0.15, 0.2) is 4.99 Å². The summed E-state index contributed by atoms with van der Waals surface area (Å²) in [5.74, 6) is 3.85. The second-order valence-electron chi connectivity index (χ2n) is 7.20. The monoisotopic (exact) mass is 395 g/mol.